The summed E-state index contributed by atoms with van der Waals surface area (Å²) in [7, 11) is 0. The van der Waals surface area contributed by atoms with Gasteiger partial charge in [-0.2, -0.15) is 0 Å². The number of hydrogen-bond acceptors (Lipinski definition) is 7. The fourth-order valence-corrected chi connectivity index (χ4v) is 3.98. The summed E-state index contributed by atoms with van der Waals surface area (Å²) in [5, 5.41) is 39.6. The van der Waals surface area contributed by atoms with Crippen LogP contribution in [0.25, 0.3) is 0 Å². The van der Waals surface area contributed by atoms with Crippen LogP contribution in [0.1, 0.15) is 75.5 Å². The normalized spacial score (nSPS) is 17.4. The van der Waals surface area contributed by atoms with E-state index in [4.69, 9.17) is 9.47 Å². The monoisotopic (exact) mass is 444 g/mol. The second kappa shape index (κ2) is 11.0. The SMILES string of the molecule is CCCCCCCCCC(=O)O[C@@H]1Cc2ccc(O)c(O)c2OC1c1ccc(O)c(O)c1. The molecule has 0 fully saturated rings. The summed E-state index contributed by atoms with van der Waals surface area (Å²) in [5.41, 5.74) is 1.08. The third-order valence-electron chi connectivity index (χ3n) is 5.79. The van der Waals surface area contributed by atoms with E-state index in [-0.39, 0.29) is 41.1 Å². The minimum atomic E-state index is -0.820. The molecule has 1 aliphatic rings. The Kier molecular flexibility index (Phi) is 8.09. The van der Waals surface area contributed by atoms with Crippen LogP contribution >= 0.6 is 0 Å². The lowest BCUT2D eigenvalue weighted by atomic mass is 9.93. The zero-order chi connectivity index (χ0) is 23.1. The van der Waals surface area contributed by atoms with E-state index in [9.17, 15) is 25.2 Å². The van der Waals surface area contributed by atoms with E-state index in [1.54, 1.807) is 12.1 Å². The van der Waals surface area contributed by atoms with Crippen molar-refractivity contribution in [1.29, 1.82) is 0 Å². The fraction of sp³-hybridized carbons (Fsp3) is 0.480. The Morgan fingerprint density at radius 3 is 2.34 bits per heavy atom. The number of unbranched alkanes of at least 4 members (excludes halogenated alkanes) is 6. The van der Waals surface area contributed by atoms with Crippen molar-refractivity contribution < 1.29 is 34.7 Å². The lowest BCUT2D eigenvalue weighted by Crippen LogP contribution is -2.34. The van der Waals surface area contributed by atoms with Crippen molar-refractivity contribution in [3.05, 3.63) is 41.5 Å². The Balaban J connectivity index is 1.69. The number of benzene rings is 2. The molecule has 0 saturated heterocycles. The molecular formula is C25H32O7. The van der Waals surface area contributed by atoms with Crippen molar-refractivity contribution in [3.63, 3.8) is 0 Å². The Hall–Kier alpha value is -3.09. The average Bonchev–Trinajstić information content (AvgIpc) is 2.77. The van der Waals surface area contributed by atoms with Gasteiger partial charge >= 0.3 is 5.97 Å². The molecule has 0 aliphatic carbocycles. The molecule has 174 valence electrons. The average molecular weight is 445 g/mol. The van der Waals surface area contributed by atoms with Gasteiger partial charge in [0.15, 0.2) is 29.1 Å². The van der Waals surface area contributed by atoms with Gasteiger partial charge in [-0.1, -0.05) is 57.6 Å². The first-order valence-electron chi connectivity index (χ1n) is 11.3. The van der Waals surface area contributed by atoms with Crippen LogP contribution in [0.5, 0.6) is 28.7 Å². The second-order valence-corrected chi connectivity index (χ2v) is 8.31. The molecule has 0 spiro atoms. The quantitative estimate of drug-likeness (QED) is 0.225. The second-order valence-electron chi connectivity index (χ2n) is 8.31. The van der Waals surface area contributed by atoms with Crippen molar-refractivity contribution in [3.8, 4) is 28.7 Å². The van der Waals surface area contributed by atoms with Gasteiger partial charge in [0.2, 0.25) is 5.75 Å². The summed E-state index contributed by atoms with van der Waals surface area (Å²) in [6.45, 7) is 2.18. The summed E-state index contributed by atoms with van der Waals surface area (Å²) < 4.78 is 11.7. The van der Waals surface area contributed by atoms with E-state index in [1.807, 2.05) is 0 Å². The zero-order valence-electron chi connectivity index (χ0n) is 18.4. The number of carbonyl (C=O) groups excluding carboxylic acids is 1. The number of esters is 1. The van der Waals surface area contributed by atoms with Gasteiger partial charge < -0.3 is 29.9 Å². The van der Waals surface area contributed by atoms with E-state index in [2.05, 4.69) is 6.92 Å². The molecule has 0 radical (unpaired) electrons. The van der Waals surface area contributed by atoms with Crippen molar-refractivity contribution in [1.82, 2.24) is 0 Å². The van der Waals surface area contributed by atoms with Gasteiger partial charge in [-0.15, -0.1) is 0 Å². The molecule has 2 atom stereocenters. The first kappa shape index (κ1) is 23.6. The molecule has 3 rings (SSSR count). The van der Waals surface area contributed by atoms with Crippen molar-refractivity contribution in [2.45, 2.75) is 76.9 Å². The highest BCUT2D eigenvalue weighted by molar-refractivity contribution is 5.70. The maximum absolute atomic E-state index is 12.5. The molecule has 2 aromatic carbocycles. The van der Waals surface area contributed by atoms with Gasteiger partial charge in [-0.3, -0.25) is 4.79 Å². The van der Waals surface area contributed by atoms with Crippen LogP contribution in [0.4, 0.5) is 0 Å². The van der Waals surface area contributed by atoms with Crippen molar-refractivity contribution >= 4 is 5.97 Å². The molecule has 0 bridgehead atoms. The topological polar surface area (TPSA) is 116 Å². The number of phenols is 4. The van der Waals surface area contributed by atoms with E-state index in [0.717, 1.165) is 19.3 Å². The Morgan fingerprint density at radius 2 is 1.62 bits per heavy atom. The van der Waals surface area contributed by atoms with Gasteiger partial charge in [-0.05, 0) is 24.6 Å². The summed E-state index contributed by atoms with van der Waals surface area (Å²) in [5.74, 6) is -1.52. The van der Waals surface area contributed by atoms with Crippen LogP contribution < -0.4 is 4.74 Å². The number of aromatic hydroxyl groups is 4. The standard InChI is InChI=1S/C25H32O7/c1-2-3-4-5-6-7-8-9-22(29)31-21-15-17-11-13-19(27)23(30)25(17)32-24(21)16-10-12-18(26)20(28)14-16/h10-14,21,24,26-28,30H,2-9,15H2,1H3/t21-,24?/m1/s1. The van der Waals surface area contributed by atoms with E-state index in [0.29, 0.717) is 17.5 Å². The number of fused-ring (bicyclic) bond motifs is 1. The fourth-order valence-electron chi connectivity index (χ4n) is 3.98. The highest BCUT2D eigenvalue weighted by Gasteiger charge is 2.36. The number of phenolic OH excluding ortho intramolecular Hbond substituents is 4. The smallest absolute Gasteiger partial charge is 0.306 e. The number of carbonyl (C=O) groups is 1. The van der Waals surface area contributed by atoms with Crippen LogP contribution in [0.3, 0.4) is 0 Å². The van der Waals surface area contributed by atoms with Crippen LogP contribution in [0.2, 0.25) is 0 Å². The molecule has 0 saturated carbocycles. The molecule has 1 unspecified atom stereocenters. The first-order chi connectivity index (χ1) is 15.4. The number of hydrogen-bond donors (Lipinski definition) is 4. The molecule has 0 aromatic heterocycles. The third kappa shape index (κ3) is 5.78. The highest BCUT2D eigenvalue weighted by atomic mass is 16.6. The lowest BCUT2D eigenvalue weighted by molar-refractivity contribution is -0.155. The van der Waals surface area contributed by atoms with Gasteiger partial charge in [0.25, 0.3) is 0 Å². The molecule has 4 N–H and O–H groups in total. The first-order valence-corrected chi connectivity index (χ1v) is 11.3. The van der Waals surface area contributed by atoms with E-state index >= 15 is 0 Å². The van der Waals surface area contributed by atoms with Gasteiger partial charge in [-0.25, -0.2) is 0 Å². The molecule has 7 heteroatoms. The minimum absolute atomic E-state index is 0.113. The van der Waals surface area contributed by atoms with Crippen molar-refractivity contribution in [2.75, 3.05) is 0 Å². The van der Waals surface area contributed by atoms with E-state index in [1.165, 1.54) is 43.9 Å². The molecule has 0 amide bonds. The Morgan fingerprint density at radius 1 is 0.938 bits per heavy atom. The van der Waals surface area contributed by atoms with Crippen LogP contribution in [-0.2, 0) is 16.0 Å². The number of rotatable bonds is 10. The summed E-state index contributed by atoms with van der Waals surface area (Å²) in [4.78, 5) is 12.5. The summed E-state index contributed by atoms with van der Waals surface area (Å²) >= 11 is 0. The highest BCUT2D eigenvalue weighted by Crippen LogP contribution is 2.46. The summed E-state index contributed by atoms with van der Waals surface area (Å²) in [6, 6.07) is 7.20. The lowest BCUT2D eigenvalue weighted by Gasteiger charge is -2.34. The van der Waals surface area contributed by atoms with Crippen molar-refractivity contribution in [2.24, 2.45) is 0 Å². The predicted molar refractivity (Wildman–Crippen MR) is 119 cm³/mol. The predicted octanol–water partition coefficient (Wildman–Crippen LogP) is 5.24. The minimum Gasteiger partial charge on any atom is -0.504 e. The zero-order valence-corrected chi connectivity index (χ0v) is 18.4. The Bertz CT molecular complexity index is 925. The third-order valence-corrected chi connectivity index (χ3v) is 5.79. The summed E-state index contributed by atoms with van der Waals surface area (Å²) in [6.07, 6.45) is 6.77. The number of ether oxygens (including phenoxy) is 2. The molecular weight excluding hydrogens is 412 g/mol. The molecule has 1 aliphatic heterocycles. The van der Waals surface area contributed by atoms with E-state index < -0.39 is 12.2 Å². The van der Waals surface area contributed by atoms with Gasteiger partial charge in [0.05, 0.1) is 0 Å². The molecule has 7 nitrogen and oxygen atoms in total. The molecule has 1 heterocycles. The largest absolute Gasteiger partial charge is 0.504 e. The van der Waals surface area contributed by atoms with Gasteiger partial charge in [0.1, 0.15) is 6.10 Å². The maximum atomic E-state index is 12.5. The van der Waals surface area contributed by atoms with Crippen LogP contribution in [0.15, 0.2) is 30.3 Å². The molecule has 32 heavy (non-hydrogen) atoms. The van der Waals surface area contributed by atoms with Crippen LogP contribution in [-0.4, -0.2) is 32.5 Å². The van der Waals surface area contributed by atoms with Crippen LogP contribution in [0, 0.1) is 0 Å². The maximum Gasteiger partial charge on any atom is 0.306 e. The van der Waals surface area contributed by atoms with Gasteiger partial charge in [0, 0.05) is 24.0 Å². The Labute approximate surface area is 188 Å². The molecule has 2 aromatic rings.